The molecule has 1 aliphatic heterocycles. The lowest BCUT2D eigenvalue weighted by Gasteiger charge is -2.55. The minimum absolute atomic E-state index is 0.0994. The van der Waals surface area contributed by atoms with E-state index in [0.29, 0.717) is 31.4 Å². The minimum Gasteiger partial charge on any atom is -0.444 e. The molecule has 200 valence electrons. The van der Waals surface area contributed by atoms with Gasteiger partial charge >= 0.3 is 6.09 Å². The minimum atomic E-state index is -1.17. The van der Waals surface area contributed by atoms with Crippen molar-refractivity contribution in [1.29, 1.82) is 0 Å². The maximum absolute atomic E-state index is 12.9. The summed E-state index contributed by atoms with van der Waals surface area (Å²) in [5.74, 6) is 0.199. The standard InChI is InChI=1S/C26H41ClN4O4Si/c1-25(2,3)35-24(32)30-15-18-9-8-10-19(16-30)26(18,33-4)21-13-20(27)14-22-23(21)28-29-31(22)17-34-11-12-36(5,6)7/h13-14,18-19H,8-12,15-17H2,1-7H3. The molecule has 0 radical (unpaired) electrons. The Morgan fingerprint density at radius 3 is 2.44 bits per heavy atom. The van der Waals surface area contributed by atoms with E-state index in [0.717, 1.165) is 41.9 Å². The lowest BCUT2D eigenvalue weighted by Crippen LogP contribution is -2.60. The van der Waals surface area contributed by atoms with Gasteiger partial charge in [-0.15, -0.1) is 5.10 Å². The number of ether oxygens (including phenoxy) is 3. The van der Waals surface area contributed by atoms with Crippen molar-refractivity contribution < 1.29 is 19.0 Å². The Kier molecular flexibility index (Phi) is 7.77. The molecule has 1 aliphatic carbocycles. The zero-order valence-corrected chi connectivity index (χ0v) is 24.5. The Hall–Kier alpha value is -1.68. The number of likely N-dealkylation sites (tertiary alicyclic amines) is 1. The van der Waals surface area contributed by atoms with Gasteiger partial charge in [0.15, 0.2) is 0 Å². The van der Waals surface area contributed by atoms with Crippen LogP contribution in [0.1, 0.15) is 45.6 Å². The van der Waals surface area contributed by atoms with Gasteiger partial charge in [-0.25, -0.2) is 9.48 Å². The van der Waals surface area contributed by atoms with Gasteiger partial charge in [-0.2, -0.15) is 0 Å². The van der Waals surface area contributed by atoms with Crippen LogP contribution >= 0.6 is 11.6 Å². The van der Waals surface area contributed by atoms with Crippen molar-refractivity contribution in [3.63, 3.8) is 0 Å². The molecule has 2 unspecified atom stereocenters. The van der Waals surface area contributed by atoms with Crippen molar-refractivity contribution >= 4 is 36.8 Å². The average Bonchev–Trinajstić information content (AvgIpc) is 3.15. The fourth-order valence-electron chi connectivity index (χ4n) is 5.75. The van der Waals surface area contributed by atoms with Crippen molar-refractivity contribution in [2.45, 2.75) is 83.7 Å². The SMILES string of the molecule is COC1(c2cc(Cl)cc3c2nnn3COCC[Si](C)(C)C)C2CCCC1CN(C(=O)OC(C)(C)C)C2. The van der Waals surface area contributed by atoms with E-state index in [9.17, 15) is 4.79 Å². The topological polar surface area (TPSA) is 78.7 Å². The first-order valence-corrected chi connectivity index (χ1v) is 17.1. The van der Waals surface area contributed by atoms with Gasteiger partial charge < -0.3 is 19.1 Å². The maximum atomic E-state index is 12.9. The Morgan fingerprint density at radius 1 is 1.19 bits per heavy atom. The molecule has 1 aromatic carbocycles. The van der Waals surface area contributed by atoms with E-state index in [4.69, 9.17) is 25.8 Å². The molecule has 36 heavy (non-hydrogen) atoms. The third-order valence-corrected chi connectivity index (χ3v) is 9.33. The molecule has 2 aromatic rings. The molecule has 1 aromatic heterocycles. The van der Waals surface area contributed by atoms with Gasteiger partial charge in [0.25, 0.3) is 0 Å². The van der Waals surface area contributed by atoms with Gasteiger partial charge in [-0.05, 0) is 51.8 Å². The highest BCUT2D eigenvalue weighted by Crippen LogP contribution is 2.53. The van der Waals surface area contributed by atoms with Crippen molar-refractivity contribution in [1.82, 2.24) is 19.9 Å². The van der Waals surface area contributed by atoms with Gasteiger partial charge in [-0.1, -0.05) is 42.9 Å². The number of piperidine rings is 1. The highest BCUT2D eigenvalue weighted by atomic mass is 35.5. The number of halogens is 1. The van der Waals surface area contributed by atoms with Crippen molar-refractivity contribution in [2.75, 3.05) is 26.8 Å². The number of hydrogen-bond acceptors (Lipinski definition) is 6. The van der Waals surface area contributed by atoms with Crippen molar-refractivity contribution in [3.8, 4) is 0 Å². The van der Waals surface area contributed by atoms with Crippen LogP contribution in [-0.4, -0.2) is 66.5 Å². The first-order valence-electron chi connectivity index (χ1n) is 13.0. The molecule has 1 saturated heterocycles. The summed E-state index contributed by atoms with van der Waals surface area (Å²) in [4.78, 5) is 14.8. The number of amides is 1. The summed E-state index contributed by atoms with van der Waals surface area (Å²) < 4.78 is 19.9. The lowest BCUT2D eigenvalue weighted by atomic mass is 9.62. The van der Waals surface area contributed by atoms with E-state index in [2.05, 4.69) is 30.0 Å². The number of methoxy groups -OCH3 is 1. The second-order valence-electron chi connectivity index (χ2n) is 12.5. The molecule has 2 fully saturated rings. The zero-order chi connectivity index (χ0) is 26.3. The van der Waals surface area contributed by atoms with Crippen LogP contribution in [0.3, 0.4) is 0 Å². The highest BCUT2D eigenvalue weighted by Gasteiger charge is 2.55. The normalized spacial score (nSPS) is 24.8. The smallest absolute Gasteiger partial charge is 0.410 e. The van der Waals surface area contributed by atoms with Gasteiger partial charge in [0, 0.05) is 57.3 Å². The number of fused-ring (bicyclic) bond motifs is 3. The zero-order valence-electron chi connectivity index (χ0n) is 22.8. The lowest BCUT2D eigenvalue weighted by molar-refractivity contribution is -0.165. The Labute approximate surface area is 220 Å². The van der Waals surface area contributed by atoms with Crippen LogP contribution in [0.4, 0.5) is 4.79 Å². The summed E-state index contributed by atoms with van der Waals surface area (Å²) in [7, 11) is 0.595. The van der Waals surface area contributed by atoms with Gasteiger partial charge in [-0.3, -0.25) is 0 Å². The fourth-order valence-corrected chi connectivity index (χ4v) is 6.72. The van der Waals surface area contributed by atoms with Crippen LogP contribution in [0.5, 0.6) is 0 Å². The predicted octanol–water partition coefficient (Wildman–Crippen LogP) is 5.91. The molecule has 1 amide bonds. The largest absolute Gasteiger partial charge is 0.444 e. The summed E-state index contributed by atoms with van der Waals surface area (Å²) in [6, 6.07) is 4.97. The summed E-state index contributed by atoms with van der Waals surface area (Å²) in [5, 5.41) is 9.62. The summed E-state index contributed by atoms with van der Waals surface area (Å²) in [6.07, 6.45) is 2.74. The molecule has 10 heteroatoms. The molecular weight excluding hydrogens is 496 g/mol. The third-order valence-electron chi connectivity index (χ3n) is 7.41. The third kappa shape index (κ3) is 5.59. The summed E-state index contributed by atoms with van der Waals surface area (Å²) >= 11 is 6.68. The second kappa shape index (κ2) is 10.2. The van der Waals surface area contributed by atoms with Crippen LogP contribution in [0.2, 0.25) is 30.7 Å². The first kappa shape index (κ1) is 27.4. The average molecular weight is 537 g/mol. The number of rotatable bonds is 7. The van der Waals surface area contributed by atoms with Crippen LogP contribution in [0.15, 0.2) is 12.1 Å². The number of aromatic nitrogens is 3. The van der Waals surface area contributed by atoms with Crippen LogP contribution < -0.4 is 0 Å². The summed E-state index contributed by atoms with van der Waals surface area (Å²) in [5.41, 5.74) is 1.46. The molecular formula is C26H41ClN4O4Si. The quantitative estimate of drug-likeness (QED) is 0.323. The van der Waals surface area contributed by atoms with Crippen LogP contribution in [-0.2, 0) is 26.5 Å². The molecule has 1 saturated carbocycles. The molecule has 2 atom stereocenters. The van der Waals surface area contributed by atoms with E-state index in [1.54, 1.807) is 11.8 Å². The molecule has 2 aliphatic rings. The molecule has 0 spiro atoms. The predicted molar refractivity (Wildman–Crippen MR) is 144 cm³/mol. The number of hydrogen-bond donors (Lipinski definition) is 0. The van der Waals surface area contributed by atoms with Crippen LogP contribution in [0, 0.1) is 11.8 Å². The highest BCUT2D eigenvalue weighted by molar-refractivity contribution is 6.76. The maximum Gasteiger partial charge on any atom is 0.410 e. The van der Waals surface area contributed by atoms with E-state index < -0.39 is 19.3 Å². The molecule has 0 N–H and O–H groups in total. The number of carbonyl (C=O) groups is 1. The van der Waals surface area contributed by atoms with Gasteiger partial charge in [0.05, 0.1) is 5.52 Å². The van der Waals surface area contributed by atoms with E-state index in [1.165, 1.54) is 0 Å². The molecule has 2 bridgehead atoms. The molecule has 2 heterocycles. The van der Waals surface area contributed by atoms with Crippen LogP contribution in [0.25, 0.3) is 11.0 Å². The first-order chi connectivity index (χ1) is 16.8. The number of nitrogens with zero attached hydrogens (tertiary/aromatic N) is 4. The van der Waals surface area contributed by atoms with E-state index >= 15 is 0 Å². The number of benzene rings is 1. The number of carbonyl (C=O) groups excluding carboxylic acids is 1. The Morgan fingerprint density at radius 2 is 1.86 bits per heavy atom. The molecule has 4 rings (SSSR count). The van der Waals surface area contributed by atoms with E-state index in [1.807, 2.05) is 37.8 Å². The van der Waals surface area contributed by atoms with Gasteiger partial charge in [0.1, 0.15) is 23.4 Å². The van der Waals surface area contributed by atoms with Gasteiger partial charge in [0.2, 0.25) is 0 Å². The fraction of sp³-hybridized carbons (Fsp3) is 0.731. The Bertz CT molecular complexity index is 1080. The second-order valence-corrected chi connectivity index (χ2v) is 18.5. The molecule has 8 nitrogen and oxygen atoms in total. The van der Waals surface area contributed by atoms with Crippen molar-refractivity contribution in [3.05, 3.63) is 22.7 Å². The van der Waals surface area contributed by atoms with E-state index in [-0.39, 0.29) is 17.9 Å². The van der Waals surface area contributed by atoms with Crippen molar-refractivity contribution in [2.24, 2.45) is 11.8 Å². The Balaban J connectivity index is 1.65. The monoisotopic (exact) mass is 536 g/mol. The summed E-state index contributed by atoms with van der Waals surface area (Å²) in [6.45, 7) is 14.9.